The first-order chi connectivity index (χ1) is 5.22. The van der Waals surface area contributed by atoms with Crippen molar-refractivity contribution in [2.75, 3.05) is 19.8 Å². The highest BCUT2D eigenvalue weighted by molar-refractivity contribution is 4.50. The molecule has 0 saturated heterocycles. The average Bonchev–Trinajstić information content (AvgIpc) is 1.97. The van der Waals surface area contributed by atoms with Crippen molar-refractivity contribution in [3.8, 4) is 0 Å². The Balaban J connectivity index is 3.44. The van der Waals surface area contributed by atoms with Crippen LogP contribution < -0.4 is 0 Å². The smallest absolute Gasteiger partial charge is 0.235 e. The molecular weight excluding hydrogens is 150 g/mol. The SMILES string of the molecule is CCC(COCCO)[N+](=O)[O-]. The molecule has 0 fully saturated rings. The van der Waals surface area contributed by atoms with Gasteiger partial charge in [-0.1, -0.05) is 6.92 Å². The standard InChI is InChI=1S/C6H13NO4/c1-2-6(7(9)10)5-11-4-3-8/h6,8H,2-5H2,1H3. The predicted molar refractivity (Wildman–Crippen MR) is 39.0 cm³/mol. The van der Waals surface area contributed by atoms with E-state index in [0.29, 0.717) is 6.42 Å². The third-order valence-corrected chi connectivity index (χ3v) is 1.32. The van der Waals surface area contributed by atoms with Crippen LogP contribution in [-0.2, 0) is 4.74 Å². The van der Waals surface area contributed by atoms with Crippen molar-refractivity contribution >= 4 is 0 Å². The Labute approximate surface area is 65.1 Å². The summed E-state index contributed by atoms with van der Waals surface area (Å²) in [4.78, 5) is 9.82. The van der Waals surface area contributed by atoms with Gasteiger partial charge in [-0.25, -0.2) is 0 Å². The van der Waals surface area contributed by atoms with Gasteiger partial charge in [-0.3, -0.25) is 10.1 Å². The van der Waals surface area contributed by atoms with E-state index in [-0.39, 0.29) is 24.7 Å². The lowest BCUT2D eigenvalue weighted by molar-refractivity contribution is -0.526. The van der Waals surface area contributed by atoms with E-state index in [1.807, 2.05) is 0 Å². The van der Waals surface area contributed by atoms with Crippen LogP contribution in [0.4, 0.5) is 0 Å². The summed E-state index contributed by atoms with van der Waals surface area (Å²) >= 11 is 0. The van der Waals surface area contributed by atoms with Crippen LogP contribution in [0.5, 0.6) is 0 Å². The molecule has 0 aliphatic heterocycles. The molecule has 1 atom stereocenters. The highest BCUT2D eigenvalue weighted by Crippen LogP contribution is 1.96. The topological polar surface area (TPSA) is 72.6 Å². The van der Waals surface area contributed by atoms with Crippen LogP contribution in [0.3, 0.4) is 0 Å². The molecule has 0 spiro atoms. The van der Waals surface area contributed by atoms with Crippen LogP contribution in [0.15, 0.2) is 0 Å². The van der Waals surface area contributed by atoms with Crippen molar-refractivity contribution < 1.29 is 14.8 Å². The molecule has 0 aromatic rings. The van der Waals surface area contributed by atoms with Crippen LogP contribution >= 0.6 is 0 Å². The van der Waals surface area contributed by atoms with Gasteiger partial charge in [0.2, 0.25) is 6.04 Å². The van der Waals surface area contributed by atoms with Crippen molar-refractivity contribution in [1.29, 1.82) is 0 Å². The van der Waals surface area contributed by atoms with Crippen LogP contribution in [-0.4, -0.2) is 35.9 Å². The molecule has 1 unspecified atom stereocenters. The quantitative estimate of drug-likeness (QED) is 0.341. The van der Waals surface area contributed by atoms with E-state index in [9.17, 15) is 10.1 Å². The first-order valence-electron chi connectivity index (χ1n) is 3.54. The minimum atomic E-state index is -0.637. The number of rotatable bonds is 6. The van der Waals surface area contributed by atoms with Crippen molar-refractivity contribution in [1.82, 2.24) is 0 Å². The molecule has 0 heterocycles. The Morgan fingerprint density at radius 3 is 2.73 bits per heavy atom. The van der Waals surface area contributed by atoms with E-state index >= 15 is 0 Å². The Morgan fingerprint density at radius 2 is 2.36 bits per heavy atom. The minimum absolute atomic E-state index is 0.0874. The average molecular weight is 163 g/mol. The summed E-state index contributed by atoms with van der Waals surface area (Å²) in [5.74, 6) is 0. The van der Waals surface area contributed by atoms with E-state index in [1.165, 1.54) is 0 Å². The number of aliphatic hydroxyl groups is 1. The molecular formula is C6H13NO4. The van der Waals surface area contributed by atoms with E-state index < -0.39 is 6.04 Å². The van der Waals surface area contributed by atoms with E-state index in [1.54, 1.807) is 6.92 Å². The van der Waals surface area contributed by atoms with Gasteiger partial charge in [0.05, 0.1) is 13.2 Å². The van der Waals surface area contributed by atoms with Gasteiger partial charge in [-0.2, -0.15) is 0 Å². The van der Waals surface area contributed by atoms with Crippen molar-refractivity contribution in [2.24, 2.45) is 0 Å². The molecule has 0 rings (SSSR count). The zero-order valence-electron chi connectivity index (χ0n) is 6.52. The summed E-state index contributed by atoms with van der Waals surface area (Å²) in [6.07, 6.45) is 0.457. The molecule has 0 aliphatic rings. The third-order valence-electron chi connectivity index (χ3n) is 1.32. The molecule has 0 bridgehead atoms. The lowest BCUT2D eigenvalue weighted by Crippen LogP contribution is -2.25. The molecule has 66 valence electrons. The fourth-order valence-electron chi connectivity index (χ4n) is 0.612. The Morgan fingerprint density at radius 1 is 1.73 bits per heavy atom. The van der Waals surface area contributed by atoms with Gasteiger partial charge in [0.15, 0.2) is 0 Å². The normalized spacial score (nSPS) is 12.9. The second-order valence-corrected chi connectivity index (χ2v) is 2.15. The second kappa shape index (κ2) is 6.06. The summed E-state index contributed by atoms with van der Waals surface area (Å²) < 4.78 is 4.81. The molecule has 0 aliphatic carbocycles. The second-order valence-electron chi connectivity index (χ2n) is 2.15. The van der Waals surface area contributed by atoms with Gasteiger partial charge < -0.3 is 9.84 Å². The maximum absolute atomic E-state index is 10.2. The highest BCUT2D eigenvalue weighted by atomic mass is 16.6. The van der Waals surface area contributed by atoms with Gasteiger partial charge in [-0.05, 0) is 0 Å². The first-order valence-corrected chi connectivity index (χ1v) is 3.54. The highest BCUT2D eigenvalue weighted by Gasteiger charge is 2.16. The molecule has 0 radical (unpaired) electrons. The Bertz CT molecular complexity index is 117. The lowest BCUT2D eigenvalue weighted by atomic mass is 10.2. The molecule has 0 aromatic heterocycles. The third kappa shape index (κ3) is 4.69. The van der Waals surface area contributed by atoms with Crippen LogP contribution in [0.2, 0.25) is 0 Å². The number of hydrogen-bond acceptors (Lipinski definition) is 4. The Hall–Kier alpha value is -0.680. The van der Waals surface area contributed by atoms with Crippen molar-refractivity contribution in [3.63, 3.8) is 0 Å². The molecule has 5 heteroatoms. The summed E-state index contributed by atoms with van der Waals surface area (Å²) in [5.41, 5.74) is 0. The maximum Gasteiger partial charge on any atom is 0.235 e. The van der Waals surface area contributed by atoms with Gasteiger partial charge in [0, 0.05) is 11.3 Å². The molecule has 5 nitrogen and oxygen atoms in total. The van der Waals surface area contributed by atoms with Crippen LogP contribution in [0.25, 0.3) is 0 Å². The molecule has 0 amide bonds. The molecule has 1 N–H and O–H groups in total. The first kappa shape index (κ1) is 10.3. The van der Waals surface area contributed by atoms with E-state index in [2.05, 4.69) is 0 Å². The number of ether oxygens (including phenoxy) is 1. The maximum atomic E-state index is 10.2. The largest absolute Gasteiger partial charge is 0.394 e. The fourth-order valence-corrected chi connectivity index (χ4v) is 0.612. The zero-order valence-corrected chi connectivity index (χ0v) is 6.52. The monoisotopic (exact) mass is 163 g/mol. The summed E-state index contributed by atoms with van der Waals surface area (Å²) in [7, 11) is 0. The van der Waals surface area contributed by atoms with E-state index in [0.717, 1.165) is 0 Å². The van der Waals surface area contributed by atoms with Crippen molar-refractivity contribution in [3.05, 3.63) is 10.1 Å². The lowest BCUT2D eigenvalue weighted by Gasteiger charge is -2.06. The van der Waals surface area contributed by atoms with Gasteiger partial charge in [0.25, 0.3) is 0 Å². The molecule has 11 heavy (non-hydrogen) atoms. The summed E-state index contributed by atoms with van der Waals surface area (Å²) in [5, 5.41) is 18.5. The fraction of sp³-hybridized carbons (Fsp3) is 1.00. The van der Waals surface area contributed by atoms with Gasteiger partial charge in [-0.15, -0.1) is 0 Å². The van der Waals surface area contributed by atoms with Gasteiger partial charge >= 0.3 is 0 Å². The van der Waals surface area contributed by atoms with Gasteiger partial charge in [0.1, 0.15) is 6.61 Å². The summed E-state index contributed by atoms with van der Waals surface area (Å²) in [6, 6.07) is -0.637. The zero-order chi connectivity index (χ0) is 8.69. The molecule has 0 saturated carbocycles. The van der Waals surface area contributed by atoms with Crippen LogP contribution in [0, 0.1) is 10.1 Å². The Kier molecular flexibility index (Phi) is 5.68. The number of nitro groups is 1. The van der Waals surface area contributed by atoms with Crippen LogP contribution in [0.1, 0.15) is 13.3 Å². The predicted octanol–water partition coefficient (Wildman–Crippen LogP) is 0.0506. The van der Waals surface area contributed by atoms with Crippen molar-refractivity contribution in [2.45, 2.75) is 19.4 Å². The van der Waals surface area contributed by atoms with E-state index in [4.69, 9.17) is 9.84 Å². The minimum Gasteiger partial charge on any atom is -0.394 e. The summed E-state index contributed by atoms with van der Waals surface area (Å²) in [6.45, 7) is 1.90. The number of nitrogens with zero attached hydrogens (tertiary/aromatic N) is 1. The number of aliphatic hydroxyl groups excluding tert-OH is 1. The number of hydrogen-bond donors (Lipinski definition) is 1. The molecule has 0 aromatic carbocycles.